The van der Waals surface area contributed by atoms with E-state index in [1.165, 1.54) is 42.5 Å². The monoisotopic (exact) mass is 544 g/mol. The molecule has 5 nitrogen and oxygen atoms in total. The van der Waals surface area contributed by atoms with E-state index in [2.05, 4.69) is 85.4 Å². The van der Waals surface area contributed by atoms with Crippen molar-refractivity contribution in [2.45, 2.75) is 76.8 Å². The fourth-order valence-corrected chi connectivity index (χ4v) is 7.05. The van der Waals surface area contributed by atoms with Crippen LogP contribution in [-0.4, -0.2) is 36.8 Å². The first-order valence-electron chi connectivity index (χ1n) is 14.5. The molecule has 208 valence electrons. The number of piperidine rings is 1. The molecule has 3 aromatic rings. The Morgan fingerprint density at radius 1 is 1.05 bits per heavy atom. The summed E-state index contributed by atoms with van der Waals surface area (Å²) < 4.78 is 6.59. The predicted molar refractivity (Wildman–Crippen MR) is 166 cm³/mol. The van der Waals surface area contributed by atoms with Crippen LogP contribution in [-0.2, 0) is 0 Å². The average Bonchev–Trinajstić information content (AvgIpc) is 2.86. The molecule has 1 aliphatic heterocycles. The first-order chi connectivity index (χ1) is 18.7. The van der Waals surface area contributed by atoms with Gasteiger partial charge in [0, 0.05) is 34.3 Å². The van der Waals surface area contributed by atoms with Gasteiger partial charge in [0.05, 0.1) is 11.7 Å². The second kappa shape index (κ2) is 11.8. The normalized spacial score (nSPS) is 17.7. The molecule has 1 unspecified atom stereocenters. The van der Waals surface area contributed by atoms with Gasteiger partial charge in [-0.05, 0) is 99.7 Å². The molecular weight excluding hydrogens is 500 g/mol. The molecule has 3 N–H and O–H groups in total. The van der Waals surface area contributed by atoms with Gasteiger partial charge in [-0.3, -0.25) is 0 Å². The Morgan fingerprint density at radius 3 is 2.41 bits per heavy atom. The van der Waals surface area contributed by atoms with Crippen LogP contribution in [0.5, 0.6) is 5.75 Å². The van der Waals surface area contributed by atoms with E-state index in [4.69, 9.17) is 23.1 Å². The van der Waals surface area contributed by atoms with Gasteiger partial charge < -0.3 is 20.7 Å². The van der Waals surface area contributed by atoms with Crippen molar-refractivity contribution >= 4 is 24.1 Å². The SMILES string of the molecule is Cc1cccc(C)c1-c1cc(OCC(CC(C)C)N(c2cccc(S)c2)C2CC3(CCNCC3)C2)cc(N)n1. The Kier molecular flexibility index (Phi) is 8.43. The molecule has 2 fully saturated rings. The zero-order valence-electron chi connectivity index (χ0n) is 23.9. The second-order valence-corrected chi connectivity index (χ2v) is 12.7. The number of rotatable bonds is 9. The van der Waals surface area contributed by atoms with Crippen LogP contribution in [0.3, 0.4) is 0 Å². The van der Waals surface area contributed by atoms with Gasteiger partial charge in [-0.1, -0.05) is 38.1 Å². The van der Waals surface area contributed by atoms with Crippen LogP contribution in [0.15, 0.2) is 59.5 Å². The highest BCUT2D eigenvalue weighted by Crippen LogP contribution is 2.51. The molecule has 1 aromatic heterocycles. The van der Waals surface area contributed by atoms with Gasteiger partial charge in [-0.15, -0.1) is 12.6 Å². The lowest BCUT2D eigenvalue weighted by Crippen LogP contribution is -2.58. The second-order valence-electron chi connectivity index (χ2n) is 12.2. The minimum atomic E-state index is 0.238. The lowest BCUT2D eigenvalue weighted by atomic mass is 9.60. The van der Waals surface area contributed by atoms with E-state index in [-0.39, 0.29) is 6.04 Å². The molecule has 0 radical (unpaired) electrons. The fraction of sp³-hybridized carbons (Fsp3) is 0.485. The summed E-state index contributed by atoms with van der Waals surface area (Å²) in [6.07, 6.45) is 6.11. The summed E-state index contributed by atoms with van der Waals surface area (Å²) in [5.74, 6) is 1.80. The number of aryl methyl sites for hydroxylation is 2. The standard InChI is InChI=1S/C33H44N4OS/c1-22(2)15-26(21-38-28-17-30(36-31(34)18-28)32-23(3)7-5-8-24(32)4)37(25-9-6-10-29(39)16-25)27-19-33(20-27)11-13-35-14-12-33/h5-10,16-18,22,26-27,35,39H,11-15,19-21H2,1-4H3,(H2,34,36). The highest BCUT2D eigenvalue weighted by Gasteiger charge is 2.48. The molecule has 1 aliphatic carbocycles. The Hall–Kier alpha value is -2.70. The molecule has 1 saturated heterocycles. The number of pyridine rings is 1. The van der Waals surface area contributed by atoms with Crippen molar-refractivity contribution in [1.29, 1.82) is 0 Å². The van der Waals surface area contributed by atoms with Crippen molar-refractivity contribution in [2.75, 3.05) is 30.3 Å². The summed E-state index contributed by atoms with van der Waals surface area (Å²) in [7, 11) is 0. The van der Waals surface area contributed by atoms with Crippen LogP contribution in [0.4, 0.5) is 11.5 Å². The van der Waals surface area contributed by atoms with Gasteiger partial charge in [0.1, 0.15) is 18.2 Å². The topological polar surface area (TPSA) is 63.4 Å². The molecule has 2 heterocycles. The van der Waals surface area contributed by atoms with E-state index in [0.717, 1.165) is 41.4 Å². The molecule has 0 amide bonds. The van der Waals surface area contributed by atoms with Crippen molar-refractivity contribution < 1.29 is 4.74 Å². The van der Waals surface area contributed by atoms with Gasteiger partial charge in [-0.2, -0.15) is 0 Å². The molecule has 39 heavy (non-hydrogen) atoms. The van der Waals surface area contributed by atoms with E-state index >= 15 is 0 Å². The predicted octanol–water partition coefficient (Wildman–Crippen LogP) is 7.07. The molecule has 2 aliphatic rings. The zero-order chi connectivity index (χ0) is 27.6. The van der Waals surface area contributed by atoms with Crippen molar-refractivity contribution in [3.05, 3.63) is 65.7 Å². The van der Waals surface area contributed by atoms with Gasteiger partial charge >= 0.3 is 0 Å². The third kappa shape index (κ3) is 6.38. The molecule has 1 atom stereocenters. The van der Waals surface area contributed by atoms with E-state index in [9.17, 15) is 0 Å². The van der Waals surface area contributed by atoms with Gasteiger partial charge in [-0.25, -0.2) is 4.98 Å². The minimum absolute atomic E-state index is 0.238. The van der Waals surface area contributed by atoms with E-state index < -0.39 is 0 Å². The first kappa shape index (κ1) is 27.9. The Balaban J connectivity index is 1.42. The van der Waals surface area contributed by atoms with E-state index in [0.29, 0.717) is 29.8 Å². The molecular formula is C33H44N4OS. The Bertz CT molecular complexity index is 1260. The number of nitrogens with two attached hydrogens (primary N) is 1. The molecule has 6 heteroatoms. The van der Waals surface area contributed by atoms with Crippen LogP contribution < -0.4 is 20.7 Å². The van der Waals surface area contributed by atoms with E-state index in [1.54, 1.807) is 0 Å². The number of aromatic nitrogens is 1. The number of hydrogen-bond acceptors (Lipinski definition) is 6. The van der Waals surface area contributed by atoms with Crippen LogP contribution in [0.1, 0.15) is 57.1 Å². The number of anilines is 2. The molecule has 1 saturated carbocycles. The number of nitrogens with one attached hydrogen (secondary N) is 1. The summed E-state index contributed by atoms with van der Waals surface area (Å²) in [6, 6.07) is 19.6. The summed E-state index contributed by atoms with van der Waals surface area (Å²) in [6.45, 7) is 11.7. The maximum absolute atomic E-state index is 6.59. The number of thiol groups is 1. The smallest absolute Gasteiger partial charge is 0.127 e. The van der Waals surface area contributed by atoms with Crippen LogP contribution >= 0.6 is 12.6 Å². The average molecular weight is 545 g/mol. The van der Waals surface area contributed by atoms with E-state index in [1.807, 2.05) is 12.1 Å². The fourth-order valence-electron chi connectivity index (χ4n) is 6.83. The van der Waals surface area contributed by atoms with Gasteiger partial charge in [0.2, 0.25) is 0 Å². The largest absolute Gasteiger partial charge is 0.491 e. The van der Waals surface area contributed by atoms with Gasteiger partial charge in [0.25, 0.3) is 0 Å². The summed E-state index contributed by atoms with van der Waals surface area (Å²) in [4.78, 5) is 8.32. The minimum Gasteiger partial charge on any atom is -0.491 e. The van der Waals surface area contributed by atoms with Crippen molar-refractivity contribution in [3.8, 4) is 17.0 Å². The summed E-state index contributed by atoms with van der Waals surface area (Å²) in [5.41, 5.74) is 12.4. The van der Waals surface area contributed by atoms with Crippen molar-refractivity contribution in [2.24, 2.45) is 11.3 Å². The Labute approximate surface area is 240 Å². The highest BCUT2D eigenvalue weighted by atomic mass is 32.1. The number of nitrogens with zero attached hydrogens (tertiary/aromatic N) is 2. The summed E-state index contributed by atoms with van der Waals surface area (Å²) in [5, 5.41) is 3.55. The lowest BCUT2D eigenvalue weighted by Gasteiger charge is -2.56. The zero-order valence-corrected chi connectivity index (χ0v) is 24.8. The van der Waals surface area contributed by atoms with Gasteiger partial charge in [0.15, 0.2) is 0 Å². The maximum atomic E-state index is 6.59. The molecule has 1 spiro atoms. The maximum Gasteiger partial charge on any atom is 0.127 e. The number of hydrogen-bond donors (Lipinski definition) is 3. The number of benzene rings is 2. The quantitative estimate of drug-likeness (QED) is 0.252. The Morgan fingerprint density at radius 2 is 1.74 bits per heavy atom. The van der Waals surface area contributed by atoms with Crippen LogP contribution in [0.25, 0.3) is 11.3 Å². The van der Waals surface area contributed by atoms with Crippen molar-refractivity contribution in [1.82, 2.24) is 10.3 Å². The summed E-state index contributed by atoms with van der Waals surface area (Å²) >= 11 is 4.69. The lowest BCUT2D eigenvalue weighted by molar-refractivity contribution is 0.0516. The molecule has 0 bridgehead atoms. The number of ether oxygens (including phenoxy) is 1. The highest BCUT2D eigenvalue weighted by molar-refractivity contribution is 7.80. The first-order valence-corrected chi connectivity index (χ1v) is 14.9. The van der Waals surface area contributed by atoms with Crippen LogP contribution in [0, 0.1) is 25.2 Å². The third-order valence-electron chi connectivity index (χ3n) is 8.66. The molecule has 5 rings (SSSR count). The van der Waals surface area contributed by atoms with Crippen molar-refractivity contribution in [3.63, 3.8) is 0 Å². The third-order valence-corrected chi connectivity index (χ3v) is 8.94. The molecule has 2 aromatic carbocycles. The number of nitrogen functional groups attached to an aromatic ring is 1. The van der Waals surface area contributed by atoms with Crippen LogP contribution in [0.2, 0.25) is 0 Å².